The standard InChI is InChI=1S/C28H42BNO3/c1-2-3-4-5-6-7-8-9-10-17-22-30-23-28(26-20-15-12-16-21-26)33-29(31)32-24-27(30)25-18-13-11-14-19-25/h11-16,18-21,27-28,31H,2-10,17,22-24H2,1H3. The van der Waals surface area contributed by atoms with Gasteiger partial charge in [-0.2, -0.15) is 0 Å². The topological polar surface area (TPSA) is 41.9 Å². The molecule has 0 aromatic heterocycles. The van der Waals surface area contributed by atoms with Gasteiger partial charge in [-0.3, -0.25) is 4.90 Å². The lowest BCUT2D eigenvalue weighted by Crippen LogP contribution is -2.43. The van der Waals surface area contributed by atoms with E-state index in [9.17, 15) is 5.02 Å². The molecule has 0 radical (unpaired) electrons. The van der Waals surface area contributed by atoms with E-state index in [4.69, 9.17) is 9.31 Å². The summed E-state index contributed by atoms with van der Waals surface area (Å²) in [5.74, 6) is 0. The smallest absolute Gasteiger partial charge is 0.402 e. The molecule has 1 aliphatic heterocycles. The number of rotatable bonds is 13. The molecule has 2 unspecified atom stereocenters. The summed E-state index contributed by atoms with van der Waals surface area (Å²) in [4.78, 5) is 2.49. The van der Waals surface area contributed by atoms with Crippen LogP contribution < -0.4 is 0 Å². The molecular formula is C28H42BNO3. The van der Waals surface area contributed by atoms with Crippen molar-refractivity contribution in [3.63, 3.8) is 0 Å². The van der Waals surface area contributed by atoms with Crippen molar-refractivity contribution in [2.45, 2.75) is 83.3 Å². The molecule has 1 heterocycles. The summed E-state index contributed by atoms with van der Waals surface area (Å²) in [6, 6.07) is 20.8. The quantitative estimate of drug-likeness (QED) is 0.271. The predicted molar refractivity (Wildman–Crippen MR) is 137 cm³/mol. The van der Waals surface area contributed by atoms with E-state index in [1.807, 2.05) is 24.3 Å². The van der Waals surface area contributed by atoms with Gasteiger partial charge in [-0.05, 0) is 24.1 Å². The second-order valence-electron chi connectivity index (χ2n) is 9.28. The van der Waals surface area contributed by atoms with Crippen LogP contribution in [0.1, 0.15) is 94.4 Å². The Morgan fingerprint density at radius 2 is 1.33 bits per heavy atom. The summed E-state index contributed by atoms with van der Waals surface area (Å²) < 4.78 is 11.6. The van der Waals surface area contributed by atoms with Crippen LogP contribution in [0.3, 0.4) is 0 Å². The average molecular weight is 451 g/mol. The monoisotopic (exact) mass is 451 g/mol. The third-order valence-electron chi connectivity index (χ3n) is 6.67. The molecule has 0 saturated carbocycles. The molecule has 5 heteroatoms. The molecule has 0 spiro atoms. The first kappa shape index (κ1) is 26.0. The lowest BCUT2D eigenvalue weighted by molar-refractivity contribution is -0.00207. The zero-order valence-corrected chi connectivity index (χ0v) is 20.4. The van der Waals surface area contributed by atoms with Crippen LogP contribution in [0.5, 0.6) is 0 Å². The van der Waals surface area contributed by atoms with Gasteiger partial charge in [0.1, 0.15) is 0 Å². The predicted octanol–water partition coefficient (Wildman–Crippen LogP) is 6.72. The molecule has 3 rings (SSSR count). The highest BCUT2D eigenvalue weighted by molar-refractivity contribution is 6.34. The van der Waals surface area contributed by atoms with Crippen LogP contribution in [0.4, 0.5) is 0 Å². The third kappa shape index (κ3) is 9.25. The molecule has 2 aromatic rings. The first-order valence-corrected chi connectivity index (χ1v) is 13.1. The first-order chi connectivity index (χ1) is 16.3. The minimum absolute atomic E-state index is 0.106. The molecule has 0 aliphatic carbocycles. The van der Waals surface area contributed by atoms with Gasteiger partial charge < -0.3 is 14.3 Å². The van der Waals surface area contributed by atoms with Crippen LogP contribution in [-0.2, 0) is 9.31 Å². The van der Waals surface area contributed by atoms with Gasteiger partial charge in [0, 0.05) is 6.54 Å². The summed E-state index contributed by atoms with van der Waals surface area (Å²) in [6.45, 7) is 4.44. The Hall–Kier alpha value is -1.66. The van der Waals surface area contributed by atoms with E-state index in [1.165, 1.54) is 69.8 Å². The molecule has 1 fully saturated rings. The van der Waals surface area contributed by atoms with Gasteiger partial charge in [-0.1, -0.05) is 125 Å². The molecule has 33 heavy (non-hydrogen) atoms. The molecular weight excluding hydrogens is 409 g/mol. The van der Waals surface area contributed by atoms with E-state index >= 15 is 0 Å². The third-order valence-corrected chi connectivity index (χ3v) is 6.67. The summed E-state index contributed by atoms with van der Waals surface area (Å²) in [5, 5.41) is 10.3. The second-order valence-corrected chi connectivity index (χ2v) is 9.28. The Labute approximate surface area is 201 Å². The lowest BCUT2D eigenvalue weighted by atomic mass is 10.00. The van der Waals surface area contributed by atoms with Crippen molar-refractivity contribution >= 4 is 7.32 Å². The van der Waals surface area contributed by atoms with Gasteiger partial charge in [0.25, 0.3) is 0 Å². The van der Waals surface area contributed by atoms with Crippen molar-refractivity contribution in [2.24, 2.45) is 0 Å². The van der Waals surface area contributed by atoms with E-state index < -0.39 is 7.32 Å². The summed E-state index contributed by atoms with van der Waals surface area (Å²) in [6.07, 6.45) is 13.1. The highest BCUT2D eigenvalue weighted by Crippen LogP contribution is 2.29. The SMILES string of the molecule is CCCCCCCCCCCCN1CC(c2ccccc2)OB(O)OCC1c1ccccc1. The Bertz CT molecular complexity index is 745. The maximum atomic E-state index is 10.3. The van der Waals surface area contributed by atoms with E-state index in [2.05, 4.69) is 48.2 Å². The van der Waals surface area contributed by atoms with Crippen LogP contribution in [0.15, 0.2) is 60.7 Å². The van der Waals surface area contributed by atoms with E-state index in [-0.39, 0.29) is 12.1 Å². The zero-order chi connectivity index (χ0) is 23.1. The fraction of sp³-hybridized carbons (Fsp3) is 0.571. The molecule has 2 aromatic carbocycles. The summed E-state index contributed by atoms with van der Waals surface area (Å²) in [7, 11) is -1.21. The van der Waals surface area contributed by atoms with Gasteiger partial charge in [0.15, 0.2) is 0 Å². The molecule has 180 valence electrons. The van der Waals surface area contributed by atoms with Gasteiger partial charge in [-0.15, -0.1) is 0 Å². The lowest BCUT2D eigenvalue weighted by Gasteiger charge is -2.37. The van der Waals surface area contributed by atoms with Crippen LogP contribution in [0.2, 0.25) is 0 Å². The normalized spacial score (nSPS) is 19.9. The Kier molecular flexibility index (Phi) is 12.0. The molecule has 0 bridgehead atoms. The van der Waals surface area contributed by atoms with Crippen molar-refractivity contribution in [1.29, 1.82) is 0 Å². The number of nitrogens with zero attached hydrogens (tertiary/aromatic N) is 1. The summed E-state index contributed by atoms with van der Waals surface area (Å²) in [5.41, 5.74) is 2.30. The van der Waals surface area contributed by atoms with Crippen molar-refractivity contribution in [3.05, 3.63) is 71.8 Å². The van der Waals surface area contributed by atoms with E-state index in [0.717, 1.165) is 18.7 Å². The van der Waals surface area contributed by atoms with E-state index in [1.54, 1.807) is 0 Å². The molecule has 4 nitrogen and oxygen atoms in total. The first-order valence-electron chi connectivity index (χ1n) is 13.1. The highest BCUT2D eigenvalue weighted by atomic mass is 16.7. The number of benzene rings is 2. The van der Waals surface area contributed by atoms with Crippen LogP contribution in [-0.4, -0.2) is 36.9 Å². The molecule has 1 aliphatic rings. The maximum absolute atomic E-state index is 10.3. The molecule has 2 atom stereocenters. The zero-order valence-electron chi connectivity index (χ0n) is 20.4. The van der Waals surface area contributed by atoms with Crippen molar-refractivity contribution in [3.8, 4) is 0 Å². The van der Waals surface area contributed by atoms with Crippen LogP contribution in [0.25, 0.3) is 0 Å². The minimum atomic E-state index is -1.21. The number of hydrogen-bond acceptors (Lipinski definition) is 4. The van der Waals surface area contributed by atoms with Crippen molar-refractivity contribution in [2.75, 3.05) is 19.7 Å². The van der Waals surface area contributed by atoms with Gasteiger partial charge >= 0.3 is 7.32 Å². The fourth-order valence-electron chi connectivity index (χ4n) is 4.73. The van der Waals surface area contributed by atoms with Gasteiger partial charge in [0.2, 0.25) is 0 Å². The Morgan fingerprint density at radius 3 is 1.94 bits per heavy atom. The van der Waals surface area contributed by atoms with Crippen molar-refractivity contribution < 1.29 is 14.3 Å². The van der Waals surface area contributed by atoms with Crippen molar-refractivity contribution in [1.82, 2.24) is 4.90 Å². The number of hydrogen-bond donors (Lipinski definition) is 1. The fourth-order valence-corrected chi connectivity index (χ4v) is 4.73. The van der Waals surface area contributed by atoms with Crippen LogP contribution in [0, 0.1) is 0 Å². The Morgan fingerprint density at radius 1 is 0.788 bits per heavy atom. The van der Waals surface area contributed by atoms with Crippen LogP contribution >= 0.6 is 0 Å². The maximum Gasteiger partial charge on any atom is 0.637 e. The van der Waals surface area contributed by atoms with E-state index in [0.29, 0.717) is 6.61 Å². The number of unbranched alkanes of at least 4 members (excludes halogenated alkanes) is 9. The summed E-state index contributed by atoms with van der Waals surface area (Å²) >= 11 is 0. The Balaban J connectivity index is 1.56. The minimum Gasteiger partial charge on any atom is -0.402 e. The highest BCUT2D eigenvalue weighted by Gasteiger charge is 2.33. The second kappa shape index (κ2) is 15.3. The average Bonchev–Trinajstić information content (AvgIpc) is 2.84. The van der Waals surface area contributed by atoms with Gasteiger partial charge in [-0.25, -0.2) is 0 Å². The largest absolute Gasteiger partial charge is 0.637 e. The molecule has 0 amide bonds. The molecule has 1 saturated heterocycles. The van der Waals surface area contributed by atoms with Gasteiger partial charge in [0.05, 0.1) is 18.8 Å². The molecule has 1 N–H and O–H groups in total.